The zero-order valence-corrected chi connectivity index (χ0v) is 20.5. The molecule has 2 amide bonds. The molecule has 0 radical (unpaired) electrons. The second-order valence-corrected chi connectivity index (χ2v) is 9.50. The first-order valence-electron chi connectivity index (χ1n) is 12.6. The molecule has 0 heterocycles. The van der Waals surface area contributed by atoms with E-state index in [-0.39, 0.29) is 31.0 Å². The summed E-state index contributed by atoms with van der Waals surface area (Å²) in [6.07, 6.45) is 3.54. The maximum Gasteiger partial charge on any atom is 0.408 e. The quantitative estimate of drug-likeness (QED) is 0.532. The molecule has 0 spiro atoms. The summed E-state index contributed by atoms with van der Waals surface area (Å²) in [6.45, 7) is 3.45. The summed E-state index contributed by atoms with van der Waals surface area (Å²) in [5, 5.41) is 12.3. The summed E-state index contributed by atoms with van der Waals surface area (Å²) < 4.78 is 5.70. The van der Waals surface area contributed by atoms with E-state index in [0.29, 0.717) is 12.8 Å². The van der Waals surface area contributed by atoms with Crippen LogP contribution in [0.1, 0.15) is 69.4 Å². The molecule has 0 unspecified atom stereocenters. The van der Waals surface area contributed by atoms with Crippen LogP contribution in [0.15, 0.2) is 48.5 Å². The molecular weight excluding hydrogens is 444 g/mol. The average Bonchev–Trinajstić information content (AvgIpc) is 3.51. The van der Waals surface area contributed by atoms with Crippen molar-refractivity contribution in [3.8, 4) is 11.1 Å². The first-order valence-corrected chi connectivity index (χ1v) is 12.6. The highest BCUT2D eigenvalue weighted by Gasteiger charge is 2.43. The Kier molecular flexibility index (Phi) is 7.43. The minimum atomic E-state index is -1.21. The van der Waals surface area contributed by atoms with Gasteiger partial charge in [0.05, 0.1) is 0 Å². The van der Waals surface area contributed by atoms with Crippen LogP contribution in [-0.4, -0.2) is 52.7 Å². The summed E-state index contributed by atoms with van der Waals surface area (Å²) in [5.41, 5.74) is 3.31. The molecule has 4 rings (SSSR count). The van der Waals surface area contributed by atoms with E-state index in [1.807, 2.05) is 38.1 Å². The Hall–Kier alpha value is -3.35. The molecular formula is C28H34N2O5. The zero-order chi connectivity index (χ0) is 25.0. The second kappa shape index (κ2) is 10.5. The Balaban J connectivity index is 1.49. The van der Waals surface area contributed by atoms with Crippen molar-refractivity contribution < 1.29 is 24.2 Å². The third kappa shape index (κ3) is 4.90. The smallest absolute Gasteiger partial charge is 0.408 e. The predicted molar refractivity (Wildman–Crippen MR) is 133 cm³/mol. The predicted octanol–water partition coefficient (Wildman–Crippen LogP) is 4.94. The normalized spacial score (nSPS) is 15.4. The van der Waals surface area contributed by atoms with Crippen molar-refractivity contribution in [2.24, 2.45) is 0 Å². The van der Waals surface area contributed by atoms with Gasteiger partial charge in [0, 0.05) is 12.0 Å². The number of carbonyl (C=O) groups is 3. The summed E-state index contributed by atoms with van der Waals surface area (Å²) in [7, 11) is 0. The number of amides is 2. The van der Waals surface area contributed by atoms with Gasteiger partial charge in [-0.05, 0) is 47.9 Å². The van der Waals surface area contributed by atoms with Crippen molar-refractivity contribution in [2.75, 3.05) is 13.2 Å². The highest BCUT2D eigenvalue weighted by atomic mass is 16.5. The molecule has 0 aromatic heterocycles. The lowest BCUT2D eigenvalue weighted by atomic mass is 9.90. The molecule has 7 heteroatoms. The van der Waals surface area contributed by atoms with Crippen LogP contribution in [0, 0.1) is 0 Å². The van der Waals surface area contributed by atoms with Gasteiger partial charge < -0.3 is 20.1 Å². The lowest BCUT2D eigenvalue weighted by molar-refractivity contribution is -0.150. The van der Waals surface area contributed by atoms with Crippen LogP contribution in [0.3, 0.4) is 0 Å². The van der Waals surface area contributed by atoms with E-state index < -0.39 is 17.6 Å². The maximum atomic E-state index is 13.7. The number of alkyl carbamates (subject to hydrolysis) is 1. The molecule has 1 saturated carbocycles. The van der Waals surface area contributed by atoms with Gasteiger partial charge in [-0.3, -0.25) is 9.59 Å². The van der Waals surface area contributed by atoms with Gasteiger partial charge in [0.2, 0.25) is 5.91 Å². The number of nitrogens with one attached hydrogen (secondary N) is 1. The number of nitrogens with zero attached hydrogens (tertiary/aromatic N) is 1. The van der Waals surface area contributed by atoms with E-state index in [0.717, 1.165) is 47.9 Å². The zero-order valence-electron chi connectivity index (χ0n) is 20.5. The fraction of sp³-hybridized carbons (Fsp3) is 0.464. The number of ether oxygens (including phenoxy) is 1. The third-order valence-corrected chi connectivity index (χ3v) is 7.63. The van der Waals surface area contributed by atoms with Gasteiger partial charge in [0.25, 0.3) is 0 Å². The number of hydrogen-bond acceptors (Lipinski definition) is 4. The minimum Gasteiger partial charge on any atom is -0.480 e. The number of aliphatic carboxylic acids is 1. The Labute approximate surface area is 206 Å². The van der Waals surface area contributed by atoms with Crippen LogP contribution in [0.4, 0.5) is 4.79 Å². The summed E-state index contributed by atoms with van der Waals surface area (Å²) >= 11 is 0. The van der Waals surface area contributed by atoms with Gasteiger partial charge in [-0.1, -0.05) is 75.2 Å². The van der Waals surface area contributed by atoms with E-state index in [1.165, 1.54) is 4.90 Å². The fourth-order valence-electron chi connectivity index (χ4n) is 5.62. The Morgan fingerprint density at radius 2 is 1.51 bits per heavy atom. The number of fused-ring (bicyclic) bond motifs is 3. The van der Waals surface area contributed by atoms with Crippen LogP contribution >= 0.6 is 0 Å². The van der Waals surface area contributed by atoms with Gasteiger partial charge in [-0.2, -0.15) is 0 Å². The van der Waals surface area contributed by atoms with Crippen molar-refractivity contribution in [1.82, 2.24) is 10.2 Å². The molecule has 2 aliphatic carbocycles. The van der Waals surface area contributed by atoms with E-state index >= 15 is 0 Å². The largest absolute Gasteiger partial charge is 0.480 e. The first-order chi connectivity index (χ1) is 16.9. The molecule has 2 aromatic rings. The SMILES string of the molecule is CCC(CC)(NC(=O)OCC1c2ccccc2-c2ccccc21)C(=O)N(CC(=O)O)C1CCCC1. The number of hydrogen-bond donors (Lipinski definition) is 2. The second-order valence-electron chi connectivity index (χ2n) is 9.50. The number of carboxylic acids is 1. The van der Waals surface area contributed by atoms with E-state index in [2.05, 4.69) is 29.6 Å². The van der Waals surface area contributed by atoms with Gasteiger partial charge in [0.15, 0.2) is 0 Å². The highest BCUT2D eigenvalue weighted by Crippen LogP contribution is 2.44. The summed E-state index contributed by atoms with van der Waals surface area (Å²) in [4.78, 5) is 39.7. The van der Waals surface area contributed by atoms with Crippen molar-refractivity contribution in [2.45, 2.75) is 69.9 Å². The molecule has 0 aliphatic heterocycles. The molecule has 0 saturated heterocycles. The van der Waals surface area contributed by atoms with Crippen molar-refractivity contribution in [1.29, 1.82) is 0 Å². The standard InChI is InChI=1S/C28H34N2O5/c1-3-28(4-2,26(33)30(17-25(31)32)19-11-5-6-12-19)29-27(34)35-18-24-22-15-9-7-13-20(22)21-14-8-10-16-23(21)24/h7-10,13-16,19,24H,3-6,11-12,17-18H2,1-2H3,(H,29,34)(H,31,32). The molecule has 7 nitrogen and oxygen atoms in total. The fourth-order valence-corrected chi connectivity index (χ4v) is 5.62. The van der Waals surface area contributed by atoms with Crippen molar-refractivity contribution >= 4 is 18.0 Å². The van der Waals surface area contributed by atoms with Crippen LogP contribution in [0.25, 0.3) is 11.1 Å². The van der Waals surface area contributed by atoms with E-state index in [9.17, 15) is 19.5 Å². The van der Waals surface area contributed by atoms with Crippen LogP contribution in [0.2, 0.25) is 0 Å². The van der Waals surface area contributed by atoms with E-state index in [1.54, 1.807) is 0 Å². The van der Waals surface area contributed by atoms with Gasteiger partial charge in [-0.15, -0.1) is 0 Å². The number of rotatable bonds is 9. The van der Waals surface area contributed by atoms with Crippen molar-refractivity contribution in [3.63, 3.8) is 0 Å². The third-order valence-electron chi connectivity index (χ3n) is 7.63. The first kappa shape index (κ1) is 24.8. The molecule has 1 fully saturated rings. The Morgan fingerprint density at radius 3 is 2.03 bits per heavy atom. The summed E-state index contributed by atoms with van der Waals surface area (Å²) in [6, 6.07) is 16.1. The van der Waals surface area contributed by atoms with Crippen LogP contribution < -0.4 is 5.32 Å². The monoisotopic (exact) mass is 478 g/mol. The van der Waals surface area contributed by atoms with Crippen molar-refractivity contribution in [3.05, 3.63) is 59.7 Å². The number of carbonyl (C=O) groups excluding carboxylic acids is 2. The molecule has 0 atom stereocenters. The van der Waals surface area contributed by atoms with Gasteiger partial charge in [0.1, 0.15) is 18.7 Å². The minimum absolute atomic E-state index is 0.0801. The molecule has 0 bridgehead atoms. The lowest BCUT2D eigenvalue weighted by Gasteiger charge is -2.38. The Morgan fingerprint density at radius 1 is 0.971 bits per heavy atom. The molecule has 2 aliphatic rings. The maximum absolute atomic E-state index is 13.7. The van der Waals surface area contributed by atoms with Crippen LogP contribution in [-0.2, 0) is 14.3 Å². The molecule has 2 aromatic carbocycles. The van der Waals surface area contributed by atoms with Crippen LogP contribution in [0.5, 0.6) is 0 Å². The average molecular weight is 479 g/mol. The molecule has 2 N–H and O–H groups in total. The number of carboxylic acid groups (broad SMARTS) is 1. The molecule has 186 valence electrons. The van der Waals surface area contributed by atoms with Gasteiger partial charge >= 0.3 is 12.1 Å². The van der Waals surface area contributed by atoms with Gasteiger partial charge in [-0.25, -0.2) is 4.79 Å². The van der Waals surface area contributed by atoms with E-state index in [4.69, 9.17) is 4.74 Å². The highest BCUT2D eigenvalue weighted by molar-refractivity contribution is 5.92. The Bertz CT molecular complexity index is 1040. The number of benzene rings is 2. The topological polar surface area (TPSA) is 95.9 Å². The molecule has 35 heavy (non-hydrogen) atoms. The lowest BCUT2D eigenvalue weighted by Crippen LogP contribution is -2.61. The summed E-state index contributed by atoms with van der Waals surface area (Å²) in [5.74, 6) is -1.47.